The number of hydrogen-bond acceptors (Lipinski definition) is 4. The van der Waals surface area contributed by atoms with E-state index in [9.17, 15) is 0 Å². The lowest BCUT2D eigenvalue weighted by molar-refractivity contribution is 0.0178. The maximum atomic E-state index is 5.72. The molecule has 1 aromatic heterocycles. The summed E-state index contributed by atoms with van der Waals surface area (Å²) in [5.41, 5.74) is 0. The van der Waals surface area contributed by atoms with Crippen molar-refractivity contribution in [2.45, 2.75) is 37.9 Å². The Balaban J connectivity index is 1.91. The molecule has 5 heteroatoms. The summed E-state index contributed by atoms with van der Waals surface area (Å²) in [6.07, 6.45) is 8.12. The Kier molecular flexibility index (Phi) is 4.12. The Labute approximate surface area is 104 Å². The highest BCUT2D eigenvalue weighted by atomic mass is 79.9. The van der Waals surface area contributed by atoms with E-state index in [2.05, 4.69) is 25.9 Å². The minimum absolute atomic E-state index is 0.180. The monoisotopic (exact) mass is 286 g/mol. The summed E-state index contributed by atoms with van der Waals surface area (Å²) in [6.45, 7) is 0. The molecule has 0 aromatic carbocycles. The van der Waals surface area contributed by atoms with Gasteiger partial charge < -0.3 is 9.47 Å². The van der Waals surface area contributed by atoms with Gasteiger partial charge in [0.15, 0.2) is 0 Å². The van der Waals surface area contributed by atoms with Gasteiger partial charge in [-0.15, -0.1) is 0 Å². The minimum atomic E-state index is 0.180. The van der Waals surface area contributed by atoms with Crippen molar-refractivity contribution in [3.8, 4) is 6.01 Å². The van der Waals surface area contributed by atoms with Crippen LogP contribution in [0.3, 0.4) is 0 Å². The van der Waals surface area contributed by atoms with Crippen molar-refractivity contribution in [1.29, 1.82) is 0 Å². The summed E-state index contributed by atoms with van der Waals surface area (Å²) in [7, 11) is 1.75. The Morgan fingerprint density at radius 2 is 1.94 bits per heavy atom. The largest absolute Gasteiger partial charge is 0.460 e. The van der Waals surface area contributed by atoms with Crippen LogP contribution in [0.15, 0.2) is 16.9 Å². The summed E-state index contributed by atoms with van der Waals surface area (Å²) in [4.78, 5) is 8.20. The molecule has 4 nitrogen and oxygen atoms in total. The van der Waals surface area contributed by atoms with E-state index < -0.39 is 0 Å². The predicted octanol–water partition coefficient (Wildman–Crippen LogP) is 2.58. The molecule has 16 heavy (non-hydrogen) atoms. The van der Waals surface area contributed by atoms with Gasteiger partial charge in [0, 0.05) is 25.9 Å². The van der Waals surface area contributed by atoms with E-state index in [1.165, 1.54) is 0 Å². The van der Waals surface area contributed by atoms with Gasteiger partial charge in [0.1, 0.15) is 6.10 Å². The normalized spacial score (nSPS) is 25.4. The lowest BCUT2D eigenvalue weighted by Gasteiger charge is -2.27. The molecule has 88 valence electrons. The molecule has 2 unspecified atom stereocenters. The molecule has 0 saturated heterocycles. The molecule has 2 atom stereocenters. The molecule has 1 aliphatic rings. The molecule has 1 aliphatic carbocycles. The third-order valence-electron chi connectivity index (χ3n) is 2.78. The van der Waals surface area contributed by atoms with Crippen molar-refractivity contribution in [3.63, 3.8) is 0 Å². The standard InChI is InChI=1S/C11H15BrN2O2/c1-15-9-3-2-4-10(5-9)16-11-13-6-8(12)7-14-11/h6-7,9-10H,2-5H2,1H3. The highest BCUT2D eigenvalue weighted by molar-refractivity contribution is 9.10. The quantitative estimate of drug-likeness (QED) is 0.857. The maximum absolute atomic E-state index is 5.72. The number of ether oxygens (including phenoxy) is 2. The fourth-order valence-corrected chi connectivity index (χ4v) is 2.14. The SMILES string of the molecule is COC1CCCC(Oc2ncc(Br)cn2)C1. The molecule has 1 fully saturated rings. The molecule has 0 amide bonds. The predicted molar refractivity (Wildman–Crippen MR) is 63.4 cm³/mol. The van der Waals surface area contributed by atoms with Crippen LogP contribution >= 0.6 is 15.9 Å². The smallest absolute Gasteiger partial charge is 0.316 e. The number of rotatable bonds is 3. The van der Waals surface area contributed by atoms with Crippen LogP contribution in [0.25, 0.3) is 0 Å². The second kappa shape index (κ2) is 5.59. The maximum Gasteiger partial charge on any atom is 0.316 e. The summed E-state index contributed by atoms with van der Waals surface area (Å²) in [5, 5.41) is 0. The summed E-state index contributed by atoms with van der Waals surface area (Å²) in [6, 6.07) is 0.449. The number of hydrogen-bond donors (Lipinski definition) is 0. The molecular weight excluding hydrogens is 272 g/mol. The summed E-state index contributed by atoms with van der Waals surface area (Å²) in [5.74, 6) is 0. The van der Waals surface area contributed by atoms with Crippen LogP contribution in [0.4, 0.5) is 0 Å². The summed E-state index contributed by atoms with van der Waals surface area (Å²) >= 11 is 3.29. The molecule has 0 spiro atoms. The van der Waals surface area contributed by atoms with E-state index in [0.717, 1.165) is 30.2 Å². The van der Waals surface area contributed by atoms with Crippen LogP contribution < -0.4 is 4.74 Å². The van der Waals surface area contributed by atoms with E-state index in [-0.39, 0.29) is 6.10 Å². The first-order valence-corrected chi connectivity index (χ1v) is 6.24. The average molecular weight is 287 g/mol. The van der Waals surface area contributed by atoms with Crippen molar-refractivity contribution < 1.29 is 9.47 Å². The lowest BCUT2D eigenvalue weighted by Crippen LogP contribution is -2.29. The van der Waals surface area contributed by atoms with Gasteiger partial charge in [-0.1, -0.05) is 0 Å². The topological polar surface area (TPSA) is 44.2 Å². The fraction of sp³-hybridized carbons (Fsp3) is 0.636. The van der Waals surface area contributed by atoms with Crippen molar-refractivity contribution in [2.24, 2.45) is 0 Å². The average Bonchev–Trinajstić information content (AvgIpc) is 2.32. The molecular formula is C11H15BrN2O2. The first-order valence-electron chi connectivity index (χ1n) is 5.45. The van der Waals surface area contributed by atoms with Crippen LogP contribution in [0.1, 0.15) is 25.7 Å². The Morgan fingerprint density at radius 1 is 1.25 bits per heavy atom. The van der Waals surface area contributed by atoms with Crippen molar-refractivity contribution in [3.05, 3.63) is 16.9 Å². The van der Waals surface area contributed by atoms with Crippen LogP contribution in [0, 0.1) is 0 Å². The first-order chi connectivity index (χ1) is 7.78. The Hall–Kier alpha value is -0.680. The minimum Gasteiger partial charge on any atom is -0.460 e. The molecule has 0 radical (unpaired) electrons. The highest BCUT2D eigenvalue weighted by Crippen LogP contribution is 2.23. The zero-order valence-corrected chi connectivity index (χ0v) is 10.8. The molecule has 0 bridgehead atoms. The second-order valence-electron chi connectivity index (χ2n) is 3.95. The van der Waals surface area contributed by atoms with Crippen molar-refractivity contribution >= 4 is 15.9 Å². The van der Waals surface area contributed by atoms with E-state index in [0.29, 0.717) is 12.1 Å². The molecule has 1 heterocycles. The number of methoxy groups -OCH3 is 1. The van der Waals surface area contributed by atoms with Crippen LogP contribution in [0.2, 0.25) is 0 Å². The van der Waals surface area contributed by atoms with Gasteiger partial charge in [0.2, 0.25) is 0 Å². The third kappa shape index (κ3) is 3.15. The summed E-state index contributed by atoms with van der Waals surface area (Å²) < 4.78 is 11.9. The Morgan fingerprint density at radius 3 is 2.62 bits per heavy atom. The van der Waals surface area contributed by atoms with Gasteiger partial charge in [-0.05, 0) is 35.2 Å². The van der Waals surface area contributed by atoms with E-state index >= 15 is 0 Å². The van der Waals surface area contributed by atoms with Crippen molar-refractivity contribution in [2.75, 3.05) is 7.11 Å². The van der Waals surface area contributed by atoms with E-state index in [1.807, 2.05) is 0 Å². The molecule has 2 rings (SSSR count). The second-order valence-corrected chi connectivity index (χ2v) is 4.86. The third-order valence-corrected chi connectivity index (χ3v) is 3.19. The molecule has 0 N–H and O–H groups in total. The molecule has 1 aromatic rings. The van der Waals surface area contributed by atoms with E-state index in [1.54, 1.807) is 19.5 Å². The zero-order chi connectivity index (χ0) is 11.4. The van der Waals surface area contributed by atoms with Gasteiger partial charge in [0.05, 0.1) is 10.6 Å². The fourth-order valence-electron chi connectivity index (χ4n) is 1.93. The molecule has 1 saturated carbocycles. The first kappa shape index (κ1) is 11.8. The number of aromatic nitrogens is 2. The number of halogens is 1. The van der Waals surface area contributed by atoms with Crippen LogP contribution in [0.5, 0.6) is 6.01 Å². The van der Waals surface area contributed by atoms with Gasteiger partial charge in [-0.3, -0.25) is 0 Å². The van der Waals surface area contributed by atoms with Crippen molar-refractivity contribution in [1.82, 2.24) is 9.97 Å². The Bertz CT molecular complexity index is 331. The van der Waals surface area contributed by atoms with Crippen LogP contribution in [-0.4, -0.2) is 29.3 Å². The van der Waals surface area contributed by atoms with E-state index in [4.69, 9.17) is 9.47 Å². The lowest BCUT2D eigenvalue weighted by atomic mass is 9.95. The van der Waals surface area contributed by atoms with Gasteiger partial charge in [-0.2, -0.15) is 0 Å². The molecule has 0 aliphatic heterocycles. The van der Waals surface area contributed by atoms with Gasteiger partial charge >= 0.3 is 6.01 Å². The van der Waals surface area contributed by atoms with Gasteiger partial charge in [-0.25, -0.2) is 9.97 Å². The van der Waals surface area contributed by atoms with Gasteiger partial charge in [0.25, 0.3) is 0 Å². The zero-order valence-electron chi connectivity index (χ0n) is 9.23. The highest BCUT2D eigenvalue weighted by Gasteiger charge is 2.23. The van der Waals surface area contributed by atoms with Crippen LogP contribution in [-0.2, 0) is 4.74 Å². The number of nitrogens with zero attached hydrogens (tertiary/aromatic N) is 2.